The molecule has 4 heteroatoms. The zero-order valence-corrected chi connectivity index (χ0v) is 9.20. The maximum Gasteiger partial charge on any atom is 0.241 e. The number of ether oxygens (including phenoxy) is 1. The highest BCUT2D eigenvalue weighted by Gasteiger charge is 2.31. The van der Waals surface area contributed by atoms with Gasteiger partial charge in [0.2, 0.25) is 5.91 Å². The van der Waals surface area contributed by atoms with Crippen LogP contribution in [-0.2, 0) is 10.3 Å². The average Bonchev–Trinajstić information content (AvgIpc) is 2.17. The number of hydrogen-bond acceptors (Lipinski definition) is 3. The molecule has 4 N–H and O–H groups in total. The molecule has 0 bridgehead atoms. The van der Waals surface area contributed by atoms with Crippen LogP contribution in [0.25, 0.3) is 0 Å². The summed E-state index contributed by atoms with van der Waals surface area (Å²) in [5.41, 5.74) is 11.5. The van der Waals surface area contributed by atoms with Crippen LogP contribution in [0.3, 0.4) is 0 Å². The Morgan fingerprint density at radius 3 is 2.53 bits per heavy atom. The predicted molar refractivity (Wildman–Crippen MR) is 58.5 cm³/mol. The minimum Gasteiger partial charge on any atom is -0.496 e. The Kier molecular flexibility index (Phi) is 3.00. The van der Waals surface area contributed by atoms with Crippen molar-refractivity contribution in [3.05, 3.63) is 29.3 Å². The van der Waals surface area contributed by atoms with Crippen LogP contribution in [0.1, 0.15) is 18.1 Å². The molecule has 0 aliphatic rings. The van der Waals surface area contributed by atoms with E-state index in [4.69, 9.17) is 16.2 Å². The molecule has 15 heavy (non-hydrogen) atoms. The maximum absolute atomic E-state index is 11.2. The molecule has 4 nitrogen and oxygen atoms in total. The van der Waals surface area contributed by atoms with Crippen molar-refractivity contribution in [2.24, 2.45) is 11.5 Å². The Morgan fingerprint density at radius 2 is 2.07 bits per heavy atom. The lowest BCUT2D eigenvalue weighted by Gasteiger charge is -2.23. The molecular formula is C11H16N2O2. The van der Waals surface area contributed by atoms with Gasteiger partial charge in [-0.1, -0.05) is 17.7 Å². The van der Waals surface area contributed by atoms with E-state index in [9.17, 15) is 4.79 Å². The molecule has 1 rings (SSSR count). The smallest absolute Gasteiger partial charge is 0.241 e. The largest absolute Gasteiger partial charge is 0.496 e. The average molecular weight is 208 g/mol. The number of nitrogens with two attached hydrogens (primary N) is 2. The second-order valence-corrected chi connectivity index (χ2v) is 3.77. The summed E-state index contributed by atoms with van der Waals surface area (Å²) in [7, 11) is 1.53. The van der Waals surface area contributed by atoms with Crippen LogP contribution in [0.15, 0.2) is 18.2 Å². The molecule has 1 aromatic rings. The molecule has 0 spiro atoms. The van der Waals surface area contributed by atoms with E-state index in [0.29, 0.717) is 11.3 Å². The fourth-order valence-electron chi connectivity index (χ4n) is 1.36. The fourth-order valence-corrected chi connectivity index (χ4v) is 1.36. The van der Waals surface area contributed by atoms with E-state index in [2.05, 4.69) is 0 Å². The molecule has 0 aliphatic heterocycles. The van der Waals surface area contributed by atoms with Crippen molar-refractivity contribution in [2.45, 2.75) is 19.4 Å². The summed E-state index contributed by atoms with van der Waals surface area (Å²) in [6.07, 6.45) is 0. The first-order valence-corrected chi connectivity index (χ1v) is 4.63. The molecular weight excluding hydrogens is 192 g/mol. The lowest BCUT2D eigenvalue weighted by molar-refractivity contribution is -0.122. The molecule has 0 saturated carbocycles. The van der Waals surface area contributed by atoms with Gasteiger partial charge in [-0.15, -0.1) is 0 Å². The summed E-state index contributed by atoms with van der Waals surface area (Å²) in [5, 5.41) is 0. The number of amides is 1. The number of primary amides is 1. The minimum absolute atomic E-state index is 0.574. The fraction of sp³-hybridized carbons (Fsp3) is 0.364. The SMILES string of the molecule is COc1ccc(C)cc1C(C)(N)C(N)=O. The summed E-state index contributed by atoms with van der Waals surface area (Å²) >= 11 is 0. The monoisotopic (exact) mass is 208 g/mol. The topological polar surface area (TPSA) is 78.3 Å². The van der Waals surface area contributed by atoms with Gasteiger partial charge in [-0.3, -0.25) is 4.79 Å². The number of hydrogen-bond donors (Lipinski definition) is 2. The van der Waals surface area contributed by atoms with Crippen LogP contribution in [0.5, 0.6) is 5.75 Å². The predicted octanol–water partition coefficient (Wildman–Crippen LogP) is 0.663. The van der Waals surface area contributed by atoms with E-state index < -0.39 is 11.4 Å². The second-order valence-electron chi connectivity index (χ2n) is 3.77. The summed E-state index contributed by atoms with van der Waals surface area (Å²) in [5.74, 6) is -0.00389. The van der Waals surface area contributed by atoms with Crippen molar-refractivity contribution < 1.29 is 9.53 Å². The highest BCUT2D eigenvalue weighted by molar-refractivity contribution is 5.86. The third-order valence-electron chi connectivity index (χ3n) is 2.43. The zero-order chi connectivity index (χ0) is 11.6. The summed E-state index contributed by atoms with van der Waals surface area (Å²) < 4.78 is 5.15. The quantitative estimate of drug-likeness (QED) is 0.766. The van der Waals surface area contributed by atoms with Crippen LogP contribution >= 0.6 is 0 Å². The van der Waals surface area contributed by atoms with E-state index in [1.54, 1.807) is 13.0 Å². The number of aryl methyl sites for hydroxylation is 1. The number of rotatable bonds is 3. The summed E-state index contributed by atoms with van der Waals surface area (Å²) in [6, 6.07) is 5.47. The van der Waals surface area contributed by atoms with Crippen molar-refractivity contribution in [3.63, 3.8) is 0 Å². The van der Waals surface area contributed by atoms with Gasteiger partial charge in [0.15, 0.2) is 0 Å². The second kappa shape index (κ2) is 3.90. The van der Waals surface area contributed by atoms with Gasteiger partial charge in [-0.2, -0.15) is 0 Å². The van der Waals surface area contributed by atoms with Crippen molar-refractivity contribution in [1.29, 1.82) is 0 Å². The highest BCUT2D eigenvalue weighted by Crippen LogP contribution is 2.28. The molecule has 0 heterocycles. The van der Waals surface area contributed by atoms with Gasteiger partial charge in [0, 0.05) is 5.56 Å². The van der Waals surface area contributed by atoms with Crippen LogP contribution in [0.4, 0.5) is 0 Å². The van der Waals surface area contributed by atoms with E-state index in [1.807, 2.05) is 19.1 Å². The number of carbonyl (C=O) groups excluding carboxylic acids is 1. The Labute approximate surface area is 89.2 Å². The van der Waals surface area contributed by atoms with E-state index >= 15 is 0 Å². The lowest BCUT2D eigenvalue weighted by Crippen LogP contribution is -2.46. The van der Waals surface area contributed by atoms with E-state index in [-0.39, 0.29) is 0 Å². The zero-order valence-electron chi connectivity index (χ0n) is 9.20. The molecule has 0 saturated heterocycles. The number of benzene rings is 1. The van der Waals surface area contributed by atoms with Crippen LogP contribution in [0, 0.1) is 6.92 Å². The van der Waals surface area contributed by atoms with E-state index in [0.717, 1.165) is 5.56 Å². The minimum atomic E-state index is -1.21. The third-order valence-corrected chi connectivity index (χ3v) is 2.43. The van der Waals surface area contributed by atoms with Crippen molar-refractivity contribution in [2.75, 3.05) is 7.11 Å². The van der Waals surface area contributed by atoms with Gasteiger partial charge in [-0.25, -0.2) is 0 Å². The van der Waals surface area contributed by atoms with Gasteiger partial charge >= 0.3 is 0 Å². The van der Waals surface area contributed by atoms with Crippen molar-refractivity contribution in [1.82, 2.24) is 0 Å². The molecule has 0 aliphatic carbocycles. The van der Waals surface area contributed by atoms with Crippen molar-refractivity contribution in [3.8, 4) is 5.75 Å². The molecule has 1 unspecified atom stereocenters. The number of methoxy groups -OCH3 is 1. The Bertz CT molecular complexity index is 386. The molecule has 0 fully saturated rings. The molecule has 1 amide bonds. The summed E-state index contributed by atoms with van der Waals surface area (Å²) in [4.78, 5) is 11.2. The molecule has 0 radical (unpaired) electrons. The first-order chi connectivity index (χ1) is 6.89. The Balaban J connectivity index is 3.34. The molecule has 1 atom stereocenters. The Hall–Kier alpha value is -1.55. The van der Waals surface area contributed by atoms with Gasteiger partial charge in [0.1, 0.15) is 11.3 Å². The summed E-state index contributed by atoms with van der Waals surface area (Å²) in [6.45, 7) is 3.49. The molecule has 82 valence electrons. The molecule has 1 aromatic carbocycles. The Morgan fingerprint density at radius 1 is 1.47 bits per heavy atom. The third kappa shape index (κ3) is 2.10. The van der Waals surface area contributed by atoms with Gasteiger partial charge in [-0.05, 0) is 19.9 Å². The maximum atomic E-state index is 11.2. The van der Waals surface area contributed by atoms with Crippen LogP contribution in [0.2, 0.25) is 0 Å². The normalized spacial score (nSPS) is 14.4. The van der Waals surface area contributed by atoms with Crippen LogP contribution in [-0.4, -0.2) is 13.0 Å². The van der Waals surface area contributed by atoms with Gasteiger partial charge < -0.3 is 16.2 Å². The first kappa shape index (κ1) is 11.5. The number of carbonyl (C=O) groups is 1. The van der Waals surface area contributed by atoms with Crippen molar-refractivity contribution >= 4 is 5.91 Å². The van der Waals surface area contributed by atoms with E-state index in [1.165, 1.54) is 7.11 Å². The molecule has 0 aromatic heterocycles. The highest BCUT2D eigenvalue weighted by atomic mass is 16.5. The van der Waals surface area contributed by atoms with Gasteiger partial charge in [0.25, 0.3) is 0 Å². The first-order valence-electron chi connectivity index (χ1n) is 4.63. The van der Waals surface area contributed by atoms with Gasteiger partial charge in [0.05, 0.1) is 7.11 Å². The standard InChI is InChI=1S/C11H16N2O2/c1-7-4-5-9(15-3)8(6-7)11(2,13)10(12)14/h4-6H,13H2,1-3H3,(H2,12,14). The lowest BCUT2D eigenvalue weighted by atomic mass is 9.90. The van der Waals surface area contributed by atoms with Crippen LogP contribution < -0.4 is 16.2 Å².